The maximum absolute atomic E-state index is 13.2. The molecule has 0 aliphatic heterocycles. The molecular formula is C25H28N2O3. The number of anilines is 1. The van der Waals surface area contributed by atoms with Crippen LogP contribution in [0, 0.1) is 31.6 Å². The van der Waals surface area contributed by atoms with Crippen LogP contribution in [0.1, 0.15) is 39.9 Å². The van der Waals surface area contributed by atoms with Crippen LogP contribution in [0.2, 0.25) is 0 Å². The Morgan fingerprint density at radius 3 is 2.40 bits per heavy atom. The molecule has 1 fully saturated rings. The number of amides is 2. The highest BCUT2D eigenvalue weighted by Gasteiger charge is 2.19. The number of hydrogen-bond donors (Lipinski definition) is 0. The first-order valence-corrected chi connectivity index (χ1v) is 10.1. The average Bonchev–Trinajstić information content (AvgIpc) is 3.55. The summed E-state index contributed by atoms with van der Waals surface area (Å²) >= 11 is 0. The van der Waals surface area contributed by atoms with E-state index in [2.05, 4.69) is 11.8 Å². The minimum Gasteiger partial charge on any atom is -0.484 e. The van der Waals surface area contributed by atoms with E-state index in [9.17, 15) is 9.59 Å². The Bertz CT molecular complexity index is 1030. The van der Waals surface area contributed by atoms with Crippen molar-refractivity contribution in [3.05, 3.63) is 58.7 Å². The smallest absolute Gasteiger partial charge is 0.259 e. The number of carbonyl (C=O) groups excluding carboxylic acids is 2. The van der Waals surface area contributed by atoms with Gasteiger partial charge in [-0.15, -0.1) is 0 Å². The van der Waals surface area contributed by atoms with Gasteiger partial charge in [0.25, 0.3) is 11.8 Å². The van der Waals surface area contributed by atoms with Crippen molar-refractivity contribution in [2.75, 3.05) is 32.6 Å². The SMILES string of the molecule is Cc1cc(OCC(=O)N(C)C)ccc1C(=O)N(C)c1cc(C#CC2CC2)ccc1C. The Hall–Kier alpha value is -3.26. The highest BCUT2D eigenvalue weighted by molar-refractivity contribution is 6.07. The van der Waals surface area contributed by atoms with Crippen LogP contribution in [0.15, 0.2) is 36.4 Å². The van der Waals surface area contributed by atoms with Gasteiger partial charge in [-0.1, -0.05) is 17.9 Å². The second kappa shape index (κ2) is 9.04. The summed E-state index contributed by atoms with van der Waals surface area (Å²) in [6.07, 6.45) is 2.37. The first kappa shape index (κ1) is 21.4. The van der Waals surface area contributed by atoms with Gasteiger partial charge in [-0.05, 0) is 68.1 Å². The second-order valence-electron chi connectivity index (χ2n) is 7.96. The normalized spacial score (nSPS) is 12.6. The molecule has 5 heteroatoms. The van der Waals surface area contributed by atoms with Gasteiger partial charge in [0.15, 0.2) is 6.61 Å². The Morgan fingerprint density at radius 2 is 1.77 bits per heavy atom. The zero-order chi connectivity index (χ0) is 21.8. The van der Waals surface area contributed by atoms with E-state index >= 15 is 0 Å². The molecule has 0 N–H and O–H groups in total. The lowest BCUT2D eigenvalue weighted by Crippen LogP contribution is -2.28. The van der Waals surface area contributed by atoms with Crippen LogP contribution in [-0.2, 0) is 4.79 Å². The summed E-state index contributed by atoms with van der Waals surface area (Å²) in [5.41, 5.74) is 4.18. The van der Waals surface area contributed by atoms with Gasteiger partial charge in [0, 0.05) is 43.9 Å². The standard InChI is InChI=1S/C25H28N2O3/c1-17-6-7-20(11-10-19-8-9-19)15-23(17)27(5)25(29)22-13-12-21(14-18(22)2)30-16-24(28)26(3)4/h6-7,12-15,19H,8-9,16H2,1-5H3. The molecule has 0 saturated heterocycles. The van der Waals surface area contributed by atoms with E-state index in [1.54, 1.807) is 44.2 Å². The zero-order valence-electron chi connectivity index (χ0n) is 18.3. The van der Waals surface area contributed by atoms with Crippen LogP contribution in [0.25, 0.3) is 0 Å². The number of nitrogens with zero attached hydrogens (tertiary/aromatic N) is 2. The zero-order valence-corrected chi connectivity index (χ0v) is 18.3. The molecule has 156 valence electrons. The third-order valence-electron chi connectivity index (χ3n) is 5.16. The molecule has 30 heavy (non-hydrogen) atoms. The van der Waals surface area contributed by atoms with E-state index in [4.69, 9.17) is 4.74 Å². The van der Waals surface area contributed by atoms with Crippen molar-refractivity contribution in [1.29, 1.82) is 0 Å². The number of benzene rings is 2. The highest BCUT2D eigenvalue weighted by Crippen LogP contribution is 2.28. The van der Waals surface area contributed by atoms with E-state index in [0.717, 1.165) is 22.4 Å². The minimum absolute atomic E-state index is 0.0342. The molecular weight excluding hydrogens is 376 g/mol. The maximum Gasteiger partial charge on any atom is 0.259 e. The predicted octanol–water partition coefficient (Wildman–Crippen LogP) is 3.81. The molecule has 2 aromatic rings. The van der Waals surface area contributed by atoms with Gasteiger partial charge in [-0.2, -0.15) is 0 Å². The Labute approximate surface area is 178 Å². The van der Waals surface area contributed by atoms with Crippen molar-refractivity contribution in [2.45, 2.75) is 26.7 Å². The fraction of sp³-hybridized carbons (Fsp3) is 0.360. The Kier molecular flexibility index (Phi) is 6.47. The number of hydrogen-bond acceptors (Lipinski definition) is 3. The van der Waals surface area contributed by atoms with Crippen LogP contribution in [0.5, 0.6) is 5.75 Å². The molecule has 1 aliphatic rings. The molecule has 1 saturated carbocycles. The van der Waals surface area contributed by atoms with Crippen LogP contribution in [-0.4, -0.2) is 44.5 Å². The molecule has 0 heterocycles. The lowest BCUT2D eigenvalue weighted by molar-refractivity contribution is -0.130. The van der Waals surface area contributed by atoms with E-state index in [0.29, 0.717) is 17.2 Å². The fourth-order valence-electron chi connectivity index (χ4n) is 2.99. The van der Waals surface area contributed by atoms with Gasteiger partial charge in [-0.3, -0.25) is 9.59 Å². The molecule has 0 radical (unpaired) electrons. The lowest BCUT2D eigenvalue weighted by atomic mass is 10.1. The minimum atomic E-state index is -0.118. The van der Waals surface area contributed by atoms with E-state index in [1.165, 1.54) is 17.7 Å². The molecule has 1 aliphatic carbocycles. The quantitative estimate of drug-likeness (QED) is 0.712. The number of ether oxygens (including phenoxy) is 1. The van der Waals surface area contributed by atoms with Crippen LogP contribution in [0.3, 0.4) is 0 Å². The third kappa shape index (κ3) is 5.21. The van der Waals surface area contributed by atoms with Crippen molar-refractivity contribution in [3.8, 4) is 17.6 Å². The largest absolute Gasteiger partial charge is 0.484 e. The summed E-state index contributed by atoms with van der Waals surface area (Å²) in [4.78, 5) is 28.0. The molecule has 2 amide bonds. The third-order valence-corrected chi connectivity index (χ3v) is 5.16. The number of rotatable bonds is 5. The van der Waals surface area contributed by atoms with E-state index in [1.807, 2.05) is 32.0 Å². The molecule has 0 aromatic heterocycles. The van der Waals surface area contributed by atoms with Gasteiger partial charge >= 0.3 is 0 Å². The fourth-order valence-corrected chi connectivity index (χ4v) is 2.99. The van der Waals surface area contributed by atoms with Gasteiger partial charge < -0.3 is 14.5 Å². The van der Waals surface area contributed by atoms with Crippen LogP contribution in [0.4, 0.5) is 5.69 Å². The molecule has 0 atom stereocenters. The van der Waals surface area contributed by atoms with Gasteiger partial charge in [0.2, 0.25) is 0 Å². The first-order chi connectivity index (χ1) is 14.3. The Balaban J connectivity index is 1.76. The van der Waals surface area contributed by atoms with Crippen molar-refractivity contribution in [3.63, 3.8) is 0 Å². The van der Waals surface area contributed by atoms with Gasteiger partial charge in [-0.25, -0.2) is 0 Å². The summed E-state index contributed by atoms with van der Waals surface area (Å²) < 4.78 is 5.54. The molecule has 3 rings (SSSR count). The number of likely N-dealkylation sites (N-methyl/N-ethyl adjacent to an activating group) is 1. The molecule has 0 bridgehead atoms. The monoisotopic (exact) mass is 404 g/mol. The van der Waals surface area contributed by atoms with Crippen molar-refractivity contribution >= 4 is 17.5 Å². The van der Waals surface area contributed by atoms with Gasteiger partial charge in [0.1, 0.15) is 5.75 Å². The summed E-state index contributed by atoms with van der Waals surface area (Å²) in [5.74, 6) is 7.37. The lowest BCUT2D eigenvalue weighted by Gasteiger charge is -2.21. The number of carbonyl (C=O) groups is 2. The molecule has 0 unspecified atom stereocenters. The maximum atomic E-state index is 13.2. The first-order valence-electron chi connectivity index (χ1n) is 10.1. The van der Waals surface area contributed by atoms with E-state index in [-0.39, 0.29) is 18.4 Å². The topological polar surface area (TPSA) is 49.9 Å². The summed E-state index contributed by atoms with van der Waals surface area (Å²) in [5, 5.41) is 0. The van der Waals surface area contributed by atoms with Crippen molar-refractivity contribution in [2.24, 2.45) is 5.92 Å². The Morgan fingerprint density at radius 1 is 1.03 bits per heavy atom. The summed E-state index contributed by atoms with van der Waals surface area (Å²) in [6.45, 7) is 3.82. The highest BCUT2D eigenvalue weighted by atomic mass is 16.5. The summed E-state index contributed by atoms with van der Waals surface area (Å²) in [6, 6.07) is 11.2. The average molecular weight is 405 g/mol. The van der Waals surface area contributed by atoms with Crippen molar-refractivity contribution < 1.29 is 14.3 Å². The van der Waals surface area contributed by atoms with Crippen LogP contribution >= 0.6 is 0 Å². The van der Waals surface area contributed by atoms with Crippen molar-refractivity contribution in [1.82, 2.24) is 4.90 Å². The van der Waals surface area contributed by atoms with E-state index < -0.39 is 0 Å². The predicted molar refractivity (Wildman–Crippen MR) is 119 cm³/mol. The summed E-state index contributed by atoms with van der Waals surface area (Å²) in [7, 11) is 5.15. The van der Waals surface area contributed by atoms with Gasteiger partial charge in [0.05, 0.1) is 0 Å². The molecule has 0 spiro atoms. The molecule has 2 aromatic carbocycles. The second-order valence-corrected chi connectivity index (χ2v) is 7.96. The number of aryl methyl sites for hydroxylation is 2. The molecule has 5 nitrogen and oxygen atoms in total. The van der Waals surface area contributed by atoms with Crippen LogP contribution < -0.4 is 9.64 Å².